The topological polar surface area (TPSA) is 74.8 Å². The van der Waals surface area contributed by atoms with E-state index in [1.54, 1.807) is 7.11 Å². The zero-order valence-electron chi connectivity index (χ0n) is 17.7. The maximum Gasteiger partial charge on any atom is 0.194 e. The van der Waals surface area contributed by atoms with Gasteiger partial charge >= 0.3 is 0 Å². The average molecular weight is 515 g/mol. The van der Waals surface area contributed by atoms with Gasteiger partial charge in [-0.05, 0) is 25.3 Å². The number of methoxy groups -OCH3 is 1. The van der Waals surface area contributed by atoms with Gasteiger partial charge in [-0.1, -0.05) is 30.3 Å². The molecule has 2 aromatic rings. The molecule has 0 aliphatic carbocycles. The Morgan fingerprint density at radius 1 is 1.17 bits per heavy atom. The van der Waals surface area contributed by atoms with Gasteiger partial charge in [-0.2, -0.15) is 0 Å². The predicted molar refractivity (Wildman–Crippen MR) is 129 cm³/mol. The summed E-state index contributed by atoms with van der Waals surface area (Å²) in [7, 11) is 3.71. The number of aliphatic imine (C=N–C) groups is 1. The largest absolute Gasteiger partial charge is 0.382 e. The van der Waals surface area contributed by atoms with Crippen molar-refractivity contribution in [3.05, 3.63) is 42.4 Å². The van der Waals surface area contributed by atoms with Crippen molar-refractivity contribution in [2.75, 3.05) is 47.1 Å². The monoisotopic (exact) mass is 515 g/mol. The minimum absolute atomic E-state index is 0. The van der Waals surface area contributed by atoms with Crippen LogP contribution in [0.5, 0.6) is 0 Å². The number of nitrogens with one attached hydrogen (secondary N) is 2. The molecule has 0 aliphatic rings. The third-order valence-electron chi connectivity index (χ3n) is 4.19. The molecule has 162 valence electrons. The summed E-state index contributed by atoms with van der Waals surface area (Å²) in [5.41, 5.74) is 2.16. The van der Waals surface area contributed by atoms with Gasteiger partial charge < -0.3 is 24.7 Å². The first kappa shape index (κ1) is 25.4. The van der Waals surface area contributed by atoms with E-state index in [1.807, 2.05) is 31.4 Å². The Kier molecular flexibility index (Phi) is 13.3. The van der Waals surface area contributed by atoms with Crippen LogP contribution >= 0.6 is 24.0 Å². The molecule has 0 aliphatic heterocycles. The van der Waals surface area contributed by atoms with Crippen molar-refractivity contribution in [2.45, 2.75) is 26.3 Å². The van der Waals surface area contributed by atoms with Crippen molar-refractivity contribution in [1.29, 1.82) is 0 Å². The lowest BCUT2D eigenvalue weighted by atomic mass is 10.2. The highest BCUT2D eigenvalue weighted by molar-refractivity contribution is 14.0. The molecule has 29 heavy (non-hydrogen) atoms. The van der Waals surface area contributed by atoms with Gasteiger partial charge in [-0.25, -0.2) is 4.98 Å². The molecule has 0 amide bonds. The molecular formula is C21H34IN5O2. The van der Waals surface area contributed by atoms with Gasteiger partial charge in [0.25, 0.3) is 0 Å². The standard InChI is InChI=1S/C21H33N5O2.HI/c1-4-22-21(23-12-8-9-13-28-15-14-27-3)26(2)17-20-24-16-19(25-20)18-10-6-5-7-11-18;/h5-7,10-11,16H,4,8-9,12-15,17H2,1-3H3,(H,22,23)(H,24,25);1H. The van der Waals surface area contributed by atoms with Crippen LogP contribution in [0.1, 0.15) is 25.6 Å². The summed E-state index contributed by atoms with van der Waals surface area (Å²) in [6.45, 7) is 6.39. The summed E-state index contributed by atoms with van der Waals surface area (Å²) in [6.07, 6.45) is 3.87. The number of halogens is 1. The minimum atomic E-state index is 0. The van der Waals surface area contributed by atoms with Crippen LogP contribution in [0.3, 0.4) is 0 Å². The average Bonchev–Trinajstić information content (AvgIpc) is 3.18. The number of aromatic nitrogens is 2. The summed E-state index contributed by atoms with van der Waals surface area (Å²) in [4.78, 5) is 14.7. The van der Waals surface area contributed by atoms with Crippen LogP contribution in [0.15, 0.2) is 41.5 Å². The highest BCUT2D eigenvalue weighted by Gasteiger charge is 2.09. The van der Waals surface area contributed by atoms with Gasteiger partial charge in [0.1, 0.15) is 5.82 Å². The lowest BCUT2D eigenvalue weighted by molar-refractivity contribution is 0.0690. The highest BCUT2D eigenvalue weighted by atomic mass is 127. The molecule has 7 nitrogen and oxygen atoms in total. The molecule has 0 unspecified atom stereocenters. The Bertz CT molecular complexity index is 693. The number of unbranched alkanes of at least 4 members (excludes halogenated alkanes) is 1. The van der Waals surface area contributed by atoms with E-state index in [-0.39, 0.29) is 24.0 Å². The number of ether oxygens (including phenoxy) is 2. The van der Waals surface area contributed by atoms with E-state index in [0.29, 0.717) is 19.8 Å². The van der Waals surface area contributed by atoms with Crippen molar-refractivity contribution in [1.82, 2.24) is 20.2 Å². The smallest absolute Gasteiger partial charge is 0.194 e. The number of hydrogen-bond acceptors (Lipinski definition) is 4. The molecule has 1 aromatic carbocycles. The number of guanidine groups is 1. The third-order valence-corrected chi connectivity index (χ3v) is 4.19. The summed E-state index contributed by atoms with van der Waals surface area (Å²) in [5, 5.41) is 3.35. The van der Waals surface area contributed by atoms with Gasteiger partial charge in [-0.3, -0.25) is 4.99 Å². The Hall–Kier alpha value is -1.65. The summed E-state index contributed by atoms with van der Waals surface area (Å²) < 4.78 is 10.4. The Morgan fingerprint density at radius 3 is 2.69 bits per heavy atom. The minimum Gasteiger partial charge on any atom is -0.382 e. The normalized spacial score (nSPS) is 11.2. The quantitative estimate of drug-likeness (QED) is 0.196. The number of benzene rings is 1. The van der Waals surface area contributed by atoms with Crippen LogP contribution in [-0.2, 0) is 16.0 Å². The van der Waals surface area contributed by atoms with Crippen molar-refractivity contribution >= 4 is 29.9 Å². The maximum absolute atomic E-state index is 5.48. The van der Waals surface area contributed by atoms with E-state index in [4.69, 9.17) is 14.5 Å². The van der Waals surface area contributed by atoms with E-state index in [9.17, 15) is 0 Å². The molecule has 2 N–H and O–H groups in total. The van der Waals surface area contributed by atoms with Gasteiger partial charge in [-0.15, -0.1) is 24.0 Å². The Morgan fingerprint density at radius 2 is 1.97 bits per heavy atom. The lowest BCUT2D eigenvalue weighted by Gasteiger charge is -2.21. The fourth-order valence-electron chi connectivity index (χ4n) is 2.72. The van der Waals surface area contributed by atoms with Gasteiger partial charge in [0.05, 0.1) is 31.6 Å². The number of aromatic amines is 1. The Balaban J connectivity index is 0.00000420. The molecule has 1 aromatic heterocycles. The second kappa shape index (κ2) is 15.2. The fraction of sp³-hybridized carbons (Fsp3) is 0.524. The van der Waals surface area contributed by atoms with Crippen LogP contribution in [-0.4, -0.2) is 67.9 Å². The zero-order chi connectivity index (χ0) is 20.0. The van der Waals surface area contributed by atoms with Gasteiger partial charge in [0.15, 0.2) is 5.96 Å². The second-order valence-corrected chi connectivity index (χ2v) is 6.51. The molecule has 0 radical (unpaired) electrons. The molecule has 8 heteroatoms. The maximum atomic E-state index is 5.48. The van der Waals surface area contributed by atoms with Crippen molar-refractivity contribution in [3.8, 4) is 11.3 Å². The number of imidazole rings is 1. The second-order valence-electron chi connectivity index (χ2n) is 6.51. The lowest BCUT2D eigenvalue weighted by Crippen LogP contribution is -2.38. The zero-order valence-corrected chi connectivity index (χ0v) is 20.0. The molecule has 1 heterocycles. The van der Waals surface area contributed by atoms with Crippen LogP contribution in [0, 0.1) is 0 Å². The molecule has 0 spiro atoms. The van der Waals surface area contributed by atoms with E-state index in [0.717, 1.165) is 55.6 Å². The number of rotatable bonds is 12. The van der Waals surface area contributed by atoms with Crippen molar-refractivity contribution in [3.63, 3.8) is 0 Å². The summed E-state index contributed by atoms with van der Waals surface area (Å²) >= 11 is 0. The van der Waals surface area contributed by atoms with Crippen LogP contribution in [0.25, 0.3) is 11.3 Å². The first-order chi connectivity index (χ1) is 13.7. The van der Waals surface area contributed by atoms with E-state index < -0.39 is 0 Å². The van der Waals surface area contributed by atoms with E-state index in [2.05, 4.69) is 39.2 Å². The molecule has 0 saturated heterocycles. The molecular weight excluding hydrogens is 481 g/mol. The predicted octanol–water partition coefficient (Wildman–Crippen LogP) is 3.54. The van der Waals surface area contributed by atoms with Crippen LogP contribution < -0.4 is 5.32 Å². The van der Waals surface area contributed by atoms with Gasteiger partial charge in [0, 0.05) is 33.9 Å². The molecule has 0 saturated carbocycles. The van der Waals surface area contributed by atoms with Crippen LogP contribution in [0.2, 0.25) is 0 Å². The number of hydrogen-bond donors (Lipinski definition) is 2. The molecule has 0 fully saturated rings. The SMILES string of the molecule is CCNC(=NCCCCOCCOC)N(C)Cc1ncc(-c2ccccc2)[nH]1.I. The fourth-order valence-corrected chi connectivity index (χ4v) is 2.72. The highest BCUT2D eigenvalue weighted by Crippen LogP contribution is 2.16. The summed E-state index contributed by atoms with van der Waals surface area (Å²) in [5.74, 6) is 1.80. The van der Waals surface area contributed by atoms with Crippen molar-refractivity contribution in [2.24, 2.45) is 4.99 Å². The van der Waals surface area contributed by atoms with E-state index >= 15 is 0 Å². The first-order valence-corrected chi connectivity index (χ1v) is 9.90. The summed E-state index contributed by atoms with van der Waals surface area (Å²) in [6, 6.07) is 10.2. The van der Waals surface area contributed by atoms with E-state index in [1.165, 1.54) is 0 Å². The van der Waals surface area contributed by atoms with Crippen LogP contribution in [0.4, 0.5) is 0 Å². The molecule has 0 atom stereocenters. The van der Waals surface area contributed by atoms with Gasteiger partial charge in [0.2, 0.25) is 0 Å². The Labute approximate surface area is 191 Å². The molecule has 0 bridgehead atoms. The number of nitrogens with zero attached hydrogens (tertiary/aromatic N) is 3. The molecule has 2 rings (SSSR count). The first-order valence-electron chi connectivity index (χ1n) is 9.90. The third kappa shape index (κ3) is 9.60. The van der Waals surface area contributed by atoms with Crippen molar-refractivity contribution < 1.29 is 9.47 Å². The number of H-pyrrole nitrogens is 1.